The number of nitrogens with one attached hydrogen (secondary N) is 1. The minimum atomic E-state index is -1.82. The molecule has 138 valence electrons. The average molecular weight is 362 g/mol. The summed E-state index contributed by atoms with van der Waals surface area (Å²) < 4.78 is 11.8. The molecule has 0 aliphatic rings. The van der Waals surface area contributed by atoms with Crippen LogP contribution in [-0.4, -0.2) is 42.3 Å². The van der Waals surface area contributed by atoms with Gasteiger partial charge in [-0.25, -0.2) is 0 Å². The molecule has 0 saturated carbocycles. The zero-order valence-electron chi connectivity index (χ0n) is 16.5. The first kappa shape index (κ1) is 22.8. The summed E-state index contributed by atoms with van der Waals surface area (Å²) >= 11 is 0. The van der Waals surface area contributed by atoms with Crippen LogP contribution in [0, 0.1) is 5.92 Å². The highest BCUT2D eigenvalue weighted by molar-refractivity contribution is 6.75. The van der Waals surface area contributed by atoms with E-state index in [-0.39, 0.29) is 11.9 Å². The van der Waals surface area contributed by atoms with Gasteiger partial charge >= 0.3 is 0 Å². The summed E-state index contributed by atoms with van der Waals surface area (Å²) in [6.45, 7) is 17.5. The Hall–Kier alpha value is -0.176. The molecule has 0 fully saturated rings. The van der Waals surface area contributed by atoms with Gasteiger partial charge in [-0.15, -0.1) is 0 Å². The van der Waals surface area contributed by atoms with E-state index in [4.69, 9.17) is 8.85 Å². The highest BCUT2D eigenvalue weighted by Gasteiger charge is 2.34. The first-order valence-electron chi connectivity index (χ1n) is 9.33. The van der Waals surface area contributed by atoms with Gasteiger partial charge in [0.2, 0.25) is 0 Å². The van der Waals surface area contributed by atoms with Crippen molar-refractivity contribution in [1.29, 1.82) is 0 Å². The molecule has 1 unspecified atom stereocenters. The molecule has 0 aromatic carbocycles. The molecule has 0 aromatic heterocycles. The van der Waals surface area contributed by atoms with Gasteiger partial charge in [0.15, 0.2) is 8.32 Å². The molecule has 0 aromatic rings. The highest BCUT2D eigenvalue weighted by Crippen LogP contribution is 2.23. The topological polar surface area (TPSA) is 47.6 Å². The second-order valence-electron chi connectivity index (χ2n) is 7.07. The molecule has 4 nitrogen and oxygen atoms in total. The predicted octanol–water partition coefficient (Wildman–Crippen LogP) is 4.39. The minimum Gasteiger partial charge on any atom is -0.519 e. The first-order chi connectivity index (χ1) is 10.8. The van der Waals surface area contributed by atoms with Crippen LogP contribution in [0.1, 0.15) is 41.0 Å². The summed E-state index contributed by atoms with van der Waals surface area (Å²) in [5, 5.41) is 3.40. The summed E-state index contributed by atoms with van der Waals surface area (Å²) in [6, 6.07) is 4.21. The summed E-state index contributed by atoms with van der Waals surface area (Å²) in [6.07, 6.45) is 1.11. The lowest BCUT2D eigenvalue weighted by molar-refractivity contribution is -0.139. The fourth-order valence-electron chi connectivity index (χ4n) is 2.78. The molecule has 0 amide bonds. The first-order valence-corrected chi connectivity index (χ1v) is 15.0. The molecular formula is C17H39NO3Si2. The Balaban J connectivity index is 4.06. The molecule has 0 heterocycles. The summed E-state index contributed by atoms with van der Waals surface area (Å²) in [5.74, 6) is -0.0811. The van der Waals surface area contributed by atoms with Crippen molar-refractivity contribution in [3.63, 3.8) is 0 Å². The van der Waals surface area contributed by atoms with Crippen molar-refractivity contribution in [1.82, 2.24) is 5.32 Å². The van der Waals surface area contributed by atoms with E-state index in [1.54, 1.807) is 0 Å². The standard InChI is InChI=1S/C17H39NO3Si2/c1-8-20-22(6,7)14-12-13-18-15-16(5)17(19)21-23(9-2,10-3)11-4/h16,18H,8-15H2,1-7H3. The van der Waals surface area contributed by atoms with E-state index in [0.29, 0.717) is 6.54 Å². The van der Waals surface area contributed by atoms with Crippen molar-refractivity contribution in [3.05, 3.63) is 0 Å². The maximum absolute atomic E-state index is 12.3. The Morgan fingerprint density at radius 3 is 2.13 bits per heavy atom. The Labute approximate surface area is 146 Å². The normalized spacial score (nSPS) is 13.9. The second kappa shape index (κ2) is 11.4. The lowest BCUT2D eigenvalue weighted by atomic mass is 10.2. The quantitative estimate of drug-likeness (QED) is 0.390. The fourth-order valence-corrected chi connectivity index (χ4v) is 7.30. The third-order valence-corrected chi connectivity index (χ3v) is 11.9. The SMILES string of the molecule is CCO[Si](C)(C)CCCNCC(C)C(=O)O[Si](CC)(CC)CC. The maximum Gasteiger partial charge on any atom is 0.296 e. The van der Waals surface area contributed by atoms with Gasteiger partial charge in [-0.1, -0.05) is 27.7 Å². The van der Waals surface area contributed by atoms with Gasteiger partial charge in [0, 0.05) is 13.2 Å². The van der Waals surface area contributed by atoms with Gasteiger partial charge in [0.05, 0.1) is 5.92 Å². The Bertz CT molecular complexity index is 326. The van der Waals surface area contributed by atoms with E-state index >= 15 is 0 Å². The Morgan fingerprint density at radius 1 is 1.09 bits per heavy atom. The van der Waals surface area contributed by atoms with Crippen LogP contribution in [0.25, 0.3) is 0 Å². The van der Waals surface area contributed by atoms with Crippen LogP contribution in [-0.2, 0) is 13.6 Å². The fraction of sp³-hybridized carbons (Fsp3) is 0.941. The monoisotopic (exact) mass is 361 g/mol. The van der Waals surface area contributed by atoms with Crippen molar-refractivity contribution >= 4 is 22.6 Å². The number of carbonyl (C=O) groups excluding carboxylic acids is 1. The summed E-state index contributed by atoms with van der Waals surface area (Å²) in [5.41, 5.74) is 0. The van der Waals surface area contributed by atoms with Crippen LogP contribution >= 0.6 is 0 Å². The molecule has 0 rings (SSSR count). The van der Waals surface area contributed by atoms with Gasteiger partial charge in [-0.2, -0.15) is 0 Å². The van der Waals surface area contributed by atoms with Gasteiger partial charge in [0.25, 0.3) is 14.3 Å². The predicted molar refractivity (Wildman–Crippen MR) is 104 cm³/mol. The second-order valence-corrected chi connectivity index (χ2v) is 16.1. The largest absolute Gasteiger partial charge is 0.519 e. The molecule has 23 heavy (non-hydrogen) atoms. The van der Waals surface area contributed by atoms with E-state index in [2.05, 4.69) is 46.1 Å². The minimum absolute atomic E-state index is 0.0151. The highest BCUT2D eigenvalue weighted by atomic mass is 28.4. The van der Waals surface area contributed by atoms with Crippen molar-refractivity contribution in [3.8, 4) is 0 Å². The Kier molecular flexibility index (Phi) is 11.3. The number of hydrogen-bond donors (Lipinski definition) is 1. The van der Waals surface area contributed by atoms with E-state index in [9.17, 15) is 4.79 Å². The van der Waals surface area contributed by atoms with Crippen LogP contribution in [0.4, 0.5) is 0 Å². The van der Waals surface area contributed by atoms with E-state index in [0.717, 1.165) is 43.7 Å². The molecule has 0 aliphatic carbocycles. The number of hydrogen-bond acceptors (Lipinski definition) is 4. The van der Waals surface area contributed by atoms with Crippen LogP contribution in [0.3, 0.4) is 0 Å². The van der Waals surface area contributed by atoms with Crippen LogP contribution in [0.2, 0.25) is 37.3 Å². The Morgan fingerprint density at radius 2 is 1.65 bits per heavy atom. The summed E-state index contributed by atoms with van der Waals surface area (Å²) in [7, 11) is -3.29. The van der Waals surface area contributed by atoms with E-state index in [1.807, 2.05) is 6.92 Å². The van der Waals surface area contributed by atoms with Crippen molar-refractivity contribution in [2.24, 2.45) is 5.92 Å². The molecular weight excluding hydrogens is 322 g/mol. The molecule has 0 saturated heterocycles. The van der Waals surface area contributed by atoms with Gasteiger partial charge in [-0.3, -0.25) is 4.79 Å². The van der Waals surface area contributed by atoms with Crippen LogP contribution < -0.4 is 5.32 Å². The van der Waals surface area contributed by atoms with Gasteiger partial charge in [0.1, 0.15) is 0 Å². The van der Waals surface area contributed by atoms with Crippen molar-refractivity contribution in [2.75, 3.05) is 19.7 Å². The number of carbonyl (C=O) groups is 1. The molecule has 0 spiro atoms. The van der Waals surface area contributed by atoms with E-state index in [1.165, 1.54) is 0 Å². The third-order valence-electron chi connectivity index (χ3n) is 4.77. The van der Waals surface area contributed by atoms with Gasteiger partial charge in [-0.05, 0) is 57.2 Å². The number of rotatable bonds is 13. The zero-order chi connectivity index (χ0) is 17.9. The lowest BCUT2D eigenvalue weighted by Gasteiger charge is -2.29. The van der Waals surface area contributed by atoms with Crippen molar-refractivity contribution in [2.45, 2.75) is 78.3 Å². The zero-order valence-corrected chi connectivity index (χ0v) is 18.5. The lowest BCUT2D eigenvalue weighted by Crippen LogP contribution is -2.41. The average Bonchev–Trinajstić information content (AvgIpc) is 2.51. The molecule has 1 atom stereocenters. The van der Waals surface area contributed by atoms with Crippen LogP contribution in [0.15, 0.2) is 0 Å². The summed E-state index contributed by atoms with van der Waals surface area (Å²) in [4.78, 5) is 12.3. The maximum atomic E-state index is 12.3. The van der Waals surface area contributed by atoms with Crippen molar-refractivity contribution < 1.29 is 13.6 Å². The van der Waals surface area contributed by atoms with E-state index < -0.39 is 16.6 Å². The molecule has 0 aliphatic heterocycles. The molecule has 6 heteroatoms. The molecule has 0 bridgehead atoms. The van der Waals surface area contributed by atoms with Gasteiger partial charge < -0.3 is 14.2 Å². The molecule has 1 N–H and O–H groups in total. The smallest absolute Gasteiger partial charge is 0.296 e. The third kappa shape index (κ3) is 9.03. The van der Waals surface area contributed by atoms with Crippen LogP contribution in [0.5, 0.6) is 0 Å². The molecule has 0 radical (unpaired) electrons.